The maximum Gasteiger partial charge on any atom is 0.318 e. The molecule has 2 N–H and O–H groups in total. The summed E-state index contributed by atoms with van der Waals surface area (Å²) in [6.45, 7) is 9.55. The van der Waals surface area contributed by atoms with Crippen molar-refractivity contribution in [3.63, 3.8) is 0 Å². The molecule has 2 amide bonds. The normalized spacial score (nSPS) is 25.3. The number of morpholine rings is 1. The number of H-pyrrole nitrogens is 1. The molecule has 7 heteroatoms. The van der Waals surface area contributed by atoms with Gasteiger partial charge in [0.05, 0.1) is 24.9 Å². The van der Waals surface area contributed by atoms with Gasteiger partial charge in [-0.1, -0.05) is 13.8 Å². The number of nitrogens with one attached hydrogen (secondary N) is 2. The predicted octanol–water partition coefficient (Wildman–Crippen LogP) is 2.00. The van der Waals surface area contributed by atoms with Gasteiger partial charge in [-0.2, -0.15) is 5.10 Å². The van der Waals surface area contributed by atoms with Crippen LogP contribution >= 0.6 is 0 Å². The summed E-state index contributed by atoms with van der Waals surface area (Å²) >= 11 is 0. The average molecular weight is 349 g/mol. The van der Waals surface area contributed by atoms with Gasteiger partial charge in [0.1, 0.15) is 0 Å². The van der Waals surface area contributed by atoms with Gasteiger partial charge in [0.25, 0.3) is 0 Å². The van der Waals surface area contributed by atoms with Crippen molar-refractivity contribution >= 4 is 6.03 Å². The largest absolute Gasteiger partial charge is 0.374 e. The second kappa shape index (κ2) is 8.67. The first-order chi connectivity index (χ1) is 12.1. The number of carbonyl (C=O) groups is 1. The number of likely N-dealkylation sites (tertiary alicyclic amines) is 1. The molecule has 2 atom stereocenters. The summed E-state index contributed by atoms with van der Waals surface area (Å²) in [5, 5.41) is 9.98. The first-order valence-electron chi connectivity index (χ1n) is 9.50. The number of ether oxygens (including phenoxy) is 1. The molecule has 3 heterocycles. The minimum Gasteiger partial charge on any atom is -0.374 e. The van der Waals surface area contributed by atoms with Gasteiger partial charge in [-0.25, -0.2) is 4.79 Å². The zero-order valence-corrected chi connectivity index (χ0v) is 15.4. The molecule has 2 saturated heterocycles. The van der Waals surface area contributed by atoms with Crippen molar-refractivity contribution in [2.24, 2.45) is 5.92 Å². The zero-order chi connectivity index (χ0) is 17.6. The van der Waals surface area contributed by atoms with Crippen molar-refractivity contribution in [3.05, 3.63) is 18.0 Å². The molecule has 3 rings (SSSR count). The Bertz CT molecular complexity index is 534. The SMILES string of the molecule is CC(C)CN1CCOC(CNC(=O)N2CCCCC2c2cn[nH]c2)C1. The van der Waals surface area contributed by atoms with Crippen LogP contribution in [0.5, 0.6) is 0 Å². The molecule has 0 saturated carbocycles. The lowest BCUT2D eigenvalue weighted by Gasteiger charge is -2.37. The summed E-state index contributed by atoms with van der Waals surface area (Å²) in [7, 11) is 0. The third-order valence-corrected chi connectivity index (χ3v) is 5.00. The highest BCUT2D eigenvalue weighted by Gasteiger charge is 2.29. The molecule has 0 radical (unpaired) electrons. The average Bonchev–Trinajstić information content (AvgIpc) is 3.14. The number of aromatic amines is 1. The summed E-state index contributed by atoms with van der Waals surface area (Å²) in [5.41, 5.74) is 1.09. The van der Waals surface area contributed by atoms with Gasteiger partial charge >= 0.3 is 6.03 Å². The Morgan fingerprint density at radius 1 is 1.44 bits per heavy atom. The number of hydrogen-bond acceptors (Lipinski definition) is 4. The Morgan fingerprint density at radius 2 is 2.32 bits per heavy atom. The molecular weight excluding hydrogens is 318 g/mol. The summed E-state index contributed by atoms with van der Waals surface area (Å²) in [5.74, 6) is 0.650. The molecule has 7 nitrogen and oxygen atoms in total. The van der Waals surface area contributed by atoms with Crippen LogP contribution in [0.2, 0.25) is 0 Å². The van der Waals surface area contributed by atoms with Gasteiger partial charge < -0.3 is 15.0 Å². The van der Waals surface area contributed by atoms with Gasteiger partial charge in [-0.15, -0.1) is 0 Å². The summed E-state index contributed by atoms with van der Waals surface area (Å²) < 4.78 is 5.84. The van der Waals surface area contributed by atoms with E-state index < -0.39 is 0 Å². The maximum atomic E-state index is 12.7. The number of hydrogen-bond donors (Lipinski definition) is 2. The predicted molar refractivity (Wildman–Crippen MR) is 96.3 cm³/mol. The fourth-order valence-corrected chi connectivity index (χ4v) is 3.85. The topological polar surface area (TPSA) is 73.5 Å². The Hall–Kier alpha value is -1.60. The lowest BCUT2D eigenvalue weighted by molar-refractivity contribution is -0.0296. The van der Waals surface area contributed by atoms with E-state index in [4.69, 9.17) is 4.74 Å². The van der Waals surface area contributed by atoms with E-state index >= 15 is 0 Å². The Balaban J connectivity index is 1.51. The van der Waals surface area contributed by atoms with E-state index in [2.05, 4.69) is 34.3 Å². The van der Waals surface area contributed by atoms with Crippen LogP contribution < -0.4 is 5.32 Å². The van der Waals surface area contributed by atoms with Crippen molar-refractivity contribution in [1.82, 2.24) is 25.3 Å². The van der Waals surface area contributed by atoms with Gasteiger partial charge in [-0.05, 0) is 25.2 Å². The van der Waals surface area contributed by atoms with Crippen LogP contribution in [0, 0.1) is 5.92 Å². The van der Waals surface area contributed by atoms with E-state index in [1.54, 1.807) is 0 Å². The van der Waals surface area contributed by atoms with Crippen LogP contribution in [-0.4, -0.2) is 71.5 Å². The number of nitrogens with zero attached hydrogens (tertiary/aromatic N) is 3. The van der Waals surface area contributed by atoms with Crippen LogP contribution in [0.15, 0.2) is 12.4 Å². The van der Waals surface area contributed by atoms with Crippen molar-refractivity contribution in [2.75, 3.05) is 39.3 Å². The maximum absolute atomic E-state index is 12.7. The third kappa shape index (κ3) is 4.95. The first-order valence-corrected chi connectivity index (χ1v) is 9.50. The van der Waals surface area contributed by atoms with Crippen molar-refractivity contribution < 1.29 is 9.53 Å². The number of amides is 2. The molecule has 2 fully saturated rings. The van der Waals surface area contributed by atoms with E-state index in [0.29, 0.717) is 12.5 Å². The minimum absolute atomic E-state index is 0.00971. The Kier molecular flexibility index (Phi) is 6.31. The van der Waals surface area contributed by atoms with E-state index in [0.717, 1.165) is 57.6 Å². The minimum atomic E-state index is 0.00971. The highest BCUT2D eigenvalue weighted by Crippen LogP contribution is 2.30. The second-order valence-corrected chi connectivity index (χ2v) is 7.57. The number of aromatic nitrogens is 2. The number of rotatable bonds is 5. The van der Waals surface area contributed by atoms with E-state index in [1.807, 2.05) is 17.3 Å². The van der Waals surface area contributed by atoms with Crippen LogP contribution in [0.3, 0.4) is 0 Å². The van der Waals surface area contributed by atoms with Crippen molar-refractivity contribution in [1.29, 1.82) is 0 Å². The number of carbonyl (C=O) groups excluding carboxylic acids is 1. The monoisotopic (exact) mass is 349 g/mol. The molecule has 0 aromatic carbocycles. The molecule has 2 aliphatic rings. The van der Waals surface area contributed by atoms with Crippen LogP contribution in [0.1, 0.15) is 44.7 Å². The van der Waals surface area contributed by atoms with Crippen LogP contribution in [-0.2, 0) is 4.74 Å². The molecule has 1 aromatic rings. The fraction of sp³-hybridized carbons (Fsp3) is 0.778. The summed E-state index contributed by atoms with van der Waals surface area (Å²) in [6.07, 6.45) is 7.00. The lowest BCUT2D eigenvalue weighted by atomic mass is 9.98. The van der Waals surface area contributed by atoms with E-state index in [1.165, 1.54) is 0 Å². The second-order valence-electron chi connectivity index (χ2n) is 7.57. The zero-order valence-electron chi connectivity index (χ0n) is 15.4. The van der Waals surface area contributed by atoms with Gasteiger partial charge in [0.15, 0.2) is 0 Å². The Labute approximate surface area is 150 Å². The number of urea groups is 1. The smallest absolute Gasteiger partial charge is 0.318 e. The molecule has 25 heavy (non-hydrogen) atoms. The summed E-state index contributed by atoms with van der Waals surface area (Å²) in [6, 6.07) is 0.132. The fourth-order valence-electron chi connectivity index (χ4n) is 3.85. The highest BCUT2D eigenvalue weighted by molar-refractivity contribution is 5.74. The van der Waals surface area contributed by atoms with E-state index in [-0.39, 0.29) is 18.2 Å². The molecule has 0 bridgehead atoms. The van der Waals surface area contributed by atoms with Gasteiger partial charge in [0, 0.05) is 44.5 Å². The highest BCUT2D eigenvalue weighted by atomic mass is 16.5. The molecule has 2 unspecified atom stereocenters. The molecule has 0 aliphatic carbocycles. The lowest BCUT2D eigenvalue weighted by Crippen LogP contribution is -2.51. The molecule has 1 aromatic heterocycles. The third-order valence-electron chi connectivity index (χ3n) is 5.00. The van der Waals surface area contributed by atoms with Gasteiger partial charge in [0.2, 0.25) is 0 Å². The van der Waals surface area contributed by atoms with Crippen molar-refractivity contribution in [2.45, 2.75) is 45.3 Å². The van der Waals surface area contributed by atoms with Gasteiger partial charge in [-0.3, -0.25) is 10.00 Å². The van der Waals surface area contributed by atoms with E-state index in [9.17, 15) is 4.79 Å². The molecule has 140 valence electrons. The van der Waals surface area contributed by atoms with Crippen molar-refractivity contribution in [3.8, 4) is 0 Å². The first kappa shape index (κ1) is 18.2. The van der Waals surface area contributed by atoms with Crippen LogP contribution in [0.25, 0.3) is 0 Å². The van der Waals surface area contributed by atoms with Crippen LogP contribution in [0.4, 0.5) is 4.79 Å². The Morgan fingerprint density at radius 3 is 3.08 bits per heavy atom. The molecular formula is C18H31N5O2. The number of piperidine rings is 1. The quantitative estimate of drug-likeness (QED) is 0.853. The molecule has 2 aliphatic heterocycles. The standard InChI is InChI=1S/C18H31N5O2/c1-14(2)12-22-7-8-25-16(13-22)11-19-18(24)23-6-4-3-5-17(23)15-9-20-21-10-15/h9-10,14,16-17H,3-8,11-13H2,1-2H3,(H,19,24)(H,20,21). The molecule has 0 spiro atoms. The summed E-state index contributed by atoms with van der Waals surface area (Å²) in [4.78, 5) is 17.1.